The van der Waals surface area contributed by atoms with E-state index in [0.29, 0.717) is 38.3 Å². The molecule has 14 heteroatoms. The number of furan rings is 1. The van der Waals surface area contributed by atoms with Gasteiger partial charge in [-0.05, 0) is 50.1 Å². The highest BCUT2D eigenvalue weighted by Crippen LogP contribution is 2.34. The van der Waals surface area contributed by atoms with Crippen LogP contribution in [0.2, 0.25) is 0 Å². The van der Waals surface area contributed by atoms with Crippen molar-refractivity contribution >= 4 is 23.6 Å². The molecule has 0 N–H and O–H groups in total. The van der Waals surface area contributed by atoms with Crippen molar-refractivity contribution in [2.75, 3.05) is 19.7 Å². The fourth-order valence-electron chi connectivity index (χ4n) is 4.32. The van der Waals surface area contributed by atoms with Crippen LogP contribution in [-0.4, -0.2) is 56.2 Å². The molecule has 1 aliphatic heterocycles. The molecule has 0 saturated carbocycles. The van der Waals surface area contributed by atoms with Gasteiger partial charge in [-0.2, -0.15) is 13.2 Å². The molecule has 0 unspecified atom stereocenters. The van der Waals surface area contributed by atoms with Gasteiger partial charge in [0.15, 0.2) is 16.6 Å². The van der Waals surface area contributed by atoms with E-state index in [0.717, 1.165) is 23.9 Å². The first-order chi connectivity index (χ1) is 19.2. The topological polar surface area (TPSA) is 116 Å². The summed E-state index contributed by atoms with van der Waals surface area (Å²) in [5.41, 5.74) is -0.494. The lowest BCUT2D eigenvalue weighted by Gasteiger charge is -2.30. The summed E-state index contributed by atoms with van der Waals surface area (Å²) in [5.74, 6) is 0.126. The number of hydrogen-bond donors (Lipinski definition) is 0. The molecule has 0 bridgehead atoms. The molecule has 0 radical (unpaired) electrons. The Hall–Kier alpha value is -4.07. The van der Waals surface area contributed by atoms with E-state index < -0.39 is 11.7 Å². The number of ether oxygens (including phenoxy) is 1. The minimum Gasteiger partial charge on any atom is -0.466 e. The van der Waals surface area contributed by atoms with Crippen molar-refractivity contribution in [3.63, 3.8) is 0 Å². The molecule has 1 aromatic carbocycles. The van der Waals surface area contributed by atoms with Crippen LogP contribution in [0.25, 0.3) is 17.3 Å². The summed E-state index contributed by atoms with van der Waals surface area (Å²) in [4.78, 5) is 30.8. The third-order valence-electron chi connectivity index (χ3n) is 6.30. The number of amides is 1. The van der Waals surface area contributed by atoms with Crippen molar-refractivity contribution in [1.82, 2.24) is 24.6 Å². The largest absolute Gasteiger partial charge is 0.466 e. The number of aromatic nitrogens is 4. The molecule has 4 aromatic rings. The summed E-state index contributed by atoms with van der Waals surface area (Å²) < 4.78 is 57.7. The van der Waals surface area contributed by atoms with E-state index >= 15 is 0 Å². The Kier molecular flexibility index (Phi) is 7.96. The van der Waals surface area contributed by atoms with E-state index in [2.05, 4.69) is 15.2 Å². The minimum absolute atomic E-state index is 0.126. The van der Waals surface area contributed by atoms with Gasteiger partial charge < -0.3 is 18.5 Å². The van der Waals surface area contributed by atoms with E-state index in [1.807, 2.05) is 0 Å². The van der Waals surface area contributed by atoms with Crippen LogP contribution in [0.1, 0.15) is 41.7 Å². The van der Waals surface area contributed by atoms with Crippen molar-refractivity contribution in [2.24, 2.45) is 5.92 Å². The molecule has 0 spiro atoms. The highest BCUT2D eigenvalue weighted by atomic mass is 32.2. The number of piperidine rings is 1. The second-order valence-corrected chi connectivity index (χ2v) is 9.84. The van der Waals surface area contributed by atoms with Crippen molar-refractivity contribution in [3.05, 3.63) is 66.1 Å². The normalized spacial score (nSPS) is 14.4. The Morgan fingerprint density at radius 2 is 1.93 bits per heavy atom. The minimum atomic E-state index is -4.53. The quantitative estimate of drug-likeness (QED) is 0.205. The summed E-state index contributed by atoms with van der Waals surface area (Å²) >= 11 is 1.13. The Balaban J connectivity index is 1.30. The molecule has 0 atom stereocenters. The summed E-state index contributed by atoms with van der Waals surface area (Å²) in [5, 5.41) is 8.57. The maximum absolute atomic E-state index is 13.4. The molecule has 0 aliphatic carbocycles. The molecule has 210 valence electrons. The van der Waals surface area contributed by atoms with Crippen molar-refractivity contribution in [1.29, 1.82) is 0 Å². The van der Waals surface area contributed by atoms with Gasteiger partial charge in [-0.3, -0.25) is 14.2 Å². The number of rotatable bonds is 8. The molecular weight excluding hydrogens is 551 g/mol. The zero-order valence-corrected chi connectivity index (χ0v) is 22.1. The van der Waals surface area contributed by atoms with Gasteiger partial charge in [0.1, 0.15) is 6.26 Å². The van der Waals surface area contributed by atoms with Crippen molar-refractivity contribution in [2.45, 2.75) is 36.9 Å². The molecular formula is C26H24F3N5O5S. The molecule has 5 rings (SSSR count). The smallest absolute Gasteiger partial charge is 0.416 e. The van der Waals surface area contributed by atoms with Gasteiger partial charge in [-0.15, -0.1) is 10.2 Å². The number of benzene rings is 1. The van der Waals surface area contributed by atoms with Gasteiger partial charge in [-0.1, -0.05) is 17.8 Å². The molecule has 10 nitrogen and oxygen atoms in total. The summed E-state index contributed by atoms with van der Waals surface area (Å²) in [6, 6.07) is 8.08. The summed E-state index contributed by atoms with van der Waals surface area (Å²) in [7, 11) is 0. The highest BCUT2D eigenvalue weighted by molar-refractivity contribution is 7.98. The number of likely N-dealkylation sites (tertiary alicyclic amines) is 1. The van der Waals surface area contributed by atoms with Gasteiger partial charge in [-0.25, -0.2) is 4.98 Å². The number of alkyl halides is 3. The number of oxazole rings is 1. The first-order valence-electron chi connectivity index (χ1n) is 12.4. The first kappa shape index (κ1) is 27.5. The number of halogens is 3. The van der Waals surface area contributed by atoms with E-state index in [4.69, 9.17) is 13.6 Å². The molecule has 3 aromatic heterocycles. The Morgan fingerprint density at radius 1 is 1.12 bits per heavy atom. The van der Waals surface area contributed by atoms with Crippen LogP contribution in [0, 0.1) is 5.92 Å². The van der Waals surface area contributed by atoms with E-state index in [-0.39, 0.29) is 51.8 Å². The fraction of sp³-hybridized carbons (Fsp3) is 0.346. The lowest BCUT2D eigenvalue weighted by atomic mass is 9.97. The van der Waals surface area contributed by atoms with Crippen LogP contribution in [0.4, 0.5) is 13.2 Å². The highest BCUT2D eigenvalue weighted by Gasteiger charge is 2.32. The maximum atomic E-state index is 13.4. The number of carbonyl (C=O) groups excluding carboxylic acids is 2. The predicted molar refractivity (Wildman–Crippen MR) is 135 cm³/mol. The van der Waals surface area contributed by atoms with Gasteiger partial charge in [0.05, 0.1) is 35.8 Å². The van der Waals surface area contributed by atoms with Crippen molar-refractivity contribution < 1.29 is 36.3 Å². The standard InChI is InChI=1S/C26H24F3N5O5S/c1-2-37-24(36)16-8-10-33(11-9-16)23(35)19-14-39-21(30-19)15-40-25-32-31-22(20-7-4-12-38-20)34(25)18-6-3-5-17(13-18)26(27,28)29/h3-7,12-14,16H,2,8-11,15H2,1H3. The Labute approximate surface area is 230 Å². The van der Waals surface area contributed by atoms with Gasteiger partial charge >= 0.3 is 12.1 Å². The lowest BCUT2D eigenvalue weighted by Crippen LogP contribution is -2.40. The van der Waals surface area contributed by atoms with Crippen LogP contribution >= 0.6 is 11.8 Å². The zero-order chi connectivity index (χ0) is 28.3. The van der Waals surface area contributed by atoms with Crippen LogP contribution in [0.5, 0.6) is 0 Å². The second-order valence-electron chi connectivity index (χ2n) is 8.90. The number of carbonyl (C=O) groups is 2. The predicted octanol–water partition coefficient (Wildman–Crippen LogP) is 5.24. The van der Waals surface area contributed by atoms with Gasteiger partial charge in [0, 0.05) is 13.1 Å². The molecule has 40 heavy (non-hydrogen) atoms. The van der Waals surface area contributed by atoms with Gasteiger partial charge in [0.25, 0.3) is 5.91 Å². The monoisotopic (exact) mass is 575 g/mol. The number of esters is 1. The Morgan fingerprint density at radius 3 is 2.62 bits per heavy atom. The summed E-state index contributed by atoms with van der Waals surface area (Å²) in [6.45, 7) is 2.87. The molecule has 1 fully saturated rings. The van der Waals surface area contributed by atoms with Crippen LogP contribution < -0.4 is 0 Å². The van der Waals surface area contributed by atoms with E-state index in [1.165, 1.54) is 29.2 Å². The first-order valence-corrected chi connectivity index (χ1v) is 13.4. The molecule has 1 saturated heterocycles. The average Bonchev–Trinajstić information content (AvgIpc) is 3.72. The Bertz CT molecular complexity index is 1480. The van der Waals surface area contributed by atoms with Crippen LogP contribution in [-0.2, 0) is 21.5 Å². The van der Waals surface area contributed by atoms with E-state index in [1.54, 1.807) is 24.0 Å². The third-order valence-corrected chi connectivity index (χ3v) is 7.22. The van der Waals surface area contributed by atoms with Crippen LogP contribution in [0.3, 0.4) is 0 Å². The third kappa shape index (κ3) is 5.91. The number of nitrogens with zero attached hydrogens (tertiary/aromatic N) is 5. The number of thioether (sulfide) groups is 1. The molecule has 1 aliphatic rings. The fourth-order valence-corrected chi connectivity index (χ4v) is 5.13. The van der Waals surface area contributed by atoms with Gasteiger partial charge in [0.2, 0.25) is 11.7 Å². The SMILES string of the molecule is CCOC(=O)C1CCN(C(=O)c2coc(CSc3nnc(-c4ccco4)n3-c3cccc(C(F)(F)F)c3)n2)CC1. The average molecular weight is 576 g/mol. The summed E-state index contributed by atoms with van der Waals surface area (Å²) in [6.07, 6.45) is -0.820. The maximum Gasteiger partial charge on any atom is 0.416 e. The number of hydrogen-bond acceptors (Lipinski definition) is 9. The second kappa shape index (κ2) is 11.6. The molecule has 4 heterocycles. The van der Waals surface area contributed by atoms with E-state index in [9.17, 15) is 22.8 Å². The zero-order valence-electron chi connectivity index (χ0n) is 21.3. The van der Waals surface area contributed by atoms with Crippen molar-refractivity contribution in [3.8, 4) is 17.3 Å². The molecule has 1 amide bonds. The lowest BCUT2D eigenvalue weighted by molar-refractivity contribution is -0.149. The van der Waals surface area contributed by atoms with Crippen LogP contribution in [0.15, 0.2) is 62.9 Å².